The molecule has 1 aliphatic heterocycles. The van der Waals surface area contributed by atoms with Gasteiger partial charge in [-0.3, -0.25) is 24.3 Å². The van der Waals surface area contributed by atoms with Gasteiger partial charge in [-0.15, -0.1) is 0 Å². The van der Waals surface area contributed by atoms with E-state index in [1.165, 1.54) is 31.0 Å². The van der Waals surface area contributed by atoms with Crippen LogP contribution in [0.15, 0.2) is 96.6 Å². The van der Waals surface area contributed by atoms with Gasteiger partial charge in [0, 0.05) is 89.8 Å². The fourth-order valence-corrected chi connectivity index (χ4v) is 7.42. The van der Waals surface area contributed by atoms with Gasteiger partial charge in [-0.25, -0.2) is 18.7 Å². The van der Waals surface area contributed by atoms with E-state index >= 15 is 0 Å². The second kappa shape index (κ2) is 32.2. The zero-order chi connectivity index (χ0) is 52.1. The molecule has 0 saturated heterocycles. The number of amides is 2. The van der Waals surface area contributed by atoms with Crippen LogP contribution in [0.25, 0.3) is 17.0 Å². The van der Waals surface area contributed by atoms with Crippen LogP contribution in [-0.2, 0) is 41.7 Å². The highest BCUT2D eigenvalue weighted by atomic mass is 35.5. The lowest BCUT2D eigenvalue weighted by Crippen LogP contribution is -2.29. The first-order valence-electron chi connectivity index (χ1n) is 23.4. The third-order valence-corrected chi connectivity index (χ3v) is 11.3. The smallest absolute Gasteiger partial charge is 0.227 e. The highest BCUT2D eigenvalue weighted by Crippen LogP contribution is 2.35. The van der Waals surface area contributed by atoms with Crippen LogP contribution >= 0.6 is 11.6 Å². The molecule has 6 rings (SSSR count). The summed E-state index contributed by atoms with van der Waals surface area (Å²) in [6.07, 6.45) is 6.30. The number of carbonyl (C=O) groups excluding carboxylic acids is 4. The summed E-state index contributed by atoms with van der Waals surface area (Å²) >= 11 is 6.33. The van der Waals surface area contributed by atoms with Crippen molar-refractivity contribution >= 4 is 65.7 Å². The fraction of sp³-hybridized carbons (Fsp3) is 0.340. The minimum atomic E-state index is -0.710. The van der Waals surface area contributed by atoms with Crippen LogP contribution in [0.1, 0.15) is 64.9 Å². The van der Waals surface area contributed by atoms with Gasteiger partial charge in [0.15, 0.2) is 0 Å². The Morgan fingerprint density at radius 1 is 0.875 bits per heavy atom. The van der Waals surface area contributed by atoms with Crippen LogP contribution in [0.2, 0.25) is 5.02 Å². The number of hydrogen-bond donors (Lipinski definition) is 5. The zero-order valence-electron chi connectivity index (χ0n) is 41.1. The lowest BCUT2D eigenvalue weighted by molar-refractivity contribution is -0.117. The Kier molecular flexibility index (Phi) is 25.9. The average molecular weight is 1010 g/mol. The van der Waals surface area contributed by atoms with Gasteiger partial charge < -0.3 is 45.6 Å². The molecule has 72 heavy (non-hydrogen) atoms. The van der Waals surface area contributed by atoms with Gasteiger partial charge in [0.05, 0.1) is 56.5 Å². The second-order valence-corrected chi connectivity index (χ2v) is 16.5. The van der Waals surface area contributed by atoms with Crippen LogP contribution in [0.5, 0.6) is 0 Å². The molecule has 4 aromatic carbocycles. The third kappa shape index (κ3) is 18.4. The van der Waals surface area contributed by atoms with Gasteiger partial charge >= 0.3 is 0 Å². The van der Waals surface area contributed by atoms with Gasteiger partial charge in [0.1, 0.15) is 30.8 Å². The molecule has 0 aliphatic carbocycles. The summed E-state index contributed by atoms with van der Waals surface area (Å²) in [4.78, 5) is 55.5. The zero-order valence-corrected chi connectivity index (χ0v) is 41.9. The molecule has 1 aromatic heterocycles. The van der Waals surface area contributed by atoms with Crippen LogP contribution in [0, 0.1) is 11.6 Å². The largest absolute Gasteiger partial charge is 0.388 e. The number of hydrogen-bond acceptors (Lipinski definition) is 15. The van der Waals surface area contributed by atoms with Crippen molar-refractivity contribution in [3.05, 3.63) is 142 Å². The van der Waals surface area contributed by atoms with Crippen LogP contribution < -0.4 is 26.6 Å². The number of nitrogens with one attached hydrogen (secondary N) is 5. The van der Waals surface area contributed by atoms with E-state index in [1.54, 1.807) is 29.7 Å². The van der Waals surface area contributed by atoms with Crippen molar-refractivity contribution in [3.63, 3.8) is 0 Å². The van der Waals surface area contributed by atoms with Crippen molar-refractivity contribution in [1.82, 2.24) is 30.8 Å². The van der Waals surface area contributed by atoms with Crippen molar-refractivity contribution in [2.45, 2.75) is 45.8 Å². The minimum absolute atomic E-state index is 0.0877. The van der Waals surface area contributed by atoms with E-state index in [4.69, 9.17) is 40.4 Å². The molecule has 0 fully saturated rings. The van der Waals surface area contributed by atoms with E-state index in [0.29, 0.717) is 105 Å². The fourth-order valence-electron chi connectivity index (χ4n) is 7.25. The standard InChI is InChI=1S/C36H37ClF2N6O4.C15H24N2O.C2H3NO2/c1-24(41-12-11-40-13-15-47-17-19-49-20-18-48-16-14-46)25-5-8-28(9-6-25)44-36-43-23-26-22-42-35(33-31(38)3-2-4-32(33)39)30-21-27(37)7-10-29(30)34(26)45-36;1-5-7-12(2)17(4)10-14-13(11-18)8-6-9-15(14)16-3;4-1-3-2-5/h2-10,14,21,23,40-41H,1,11-13,15-20,22H2,(H,43,44,45);6,8-9,11-12,16H,5,7,10H2,1-4H3;1-2H,(H,3,4,5). The normalized spacial score (nSPS) is 11.7. The summed E-state index contributed by atoms with van der Waals surface area (Å²) in [6, 6.07) is 22.9. The number of benzene rings is 4. The van der Waals surface area contributed by atoms with Crippen molar-refractivity contribution in [3.8, 4) is 11.3 Å². The summed E-state index contributed by atoms with van der Waals surface area (Å²) in [5.41, 5.74) is 7.78. The molecule has 2 heterocycles. The van der Waals surface area contributed by atoms with Gasteiger partial charge in [0.2, 0.25) is 18.8 Å². The van der Waals surface area contributed by atoms with E-state index in [0.717, 1.165) is 53.1 Å². The number of imide groups is 1. The number of rotatable bonds is 28. The summed E-state index contributed by atoms with van der Waals surface area (Å²) in [6.45, 7) is 14.1. The monoisotopic (exact) mass is 1010 g/mol. The first kappa shape index (κ1) is 57.8. The maximum atomic E-state index is 14.8. The Bertz CT molecular complexity index is 2530. The first-order chi connectivity index (χ1) is 35.0. The molecule has 384 valence electrons. The van der Waals surface area contributed by atoms with Crippen molar-refractivity contribution in [1.29, 1.82) is 0 Å². The lowest BCUT2D eigenvalue weighted by atomic mass is 9.95. The molecule has 19 heteroatoms. The molecule has 0 spiro atoms. The maximum absolute atomic E-state index is 14.8. The van der Waals surface area contributed by atoms with Crippen molar-refractivity contribution in [2.24, 2.45) is 4.99 Å². The number of aldehydes is 2. The van der Waals surface area contributed by atoms with Gasteiger partial charge in [-0.2, -0.15) is 0 Å². The predicted molar refractivity (Wildman–Crippen MR) is 279 cm³/mol. The van der Waals surface area contributed by atoms with E-state index in [-0.39, 0.29) is 24.4 Å². The first-order valence-corrected chi connectivity index (χ1v) is 23.8. The number of carbonyl (C=O) groups is 4. The summed E-state index contributed by atoms with van der Waals surface area (Å²) in [5.74, 6) is -1.06. The molecule has 0 saturated carbocycles. The molecule has 1 aliphatic rings. The van der Waals surface area contributed by atoms with Gasteiger partial charge in [-0.1, -0.05) is 67.9 Å². The van der Waals surface area contributed by atoms with E-state index < -0.39 is 11.6 Å². The van der Waals surface area contributed by atoms with Crippen molar-refractivity contribution < 1.29 is 42.2 Å². The van der Waals surface area contributed by atoms with E-state index in [9.17, 15) is 18.4 Å². The third-order valence-electron chi connectivity index (χ3n) is 11.1. The maximum Gasteiger partial charge on any atom is 0.227 e. The Morgan fingerprint density at radius 3 is 2.22 bits per heavy atom. The number of fused-ring (bicyclic) bond motifs is 3. The van der Waals surface area contributed by atoms with Gasteiger partial charge in [-0.05, 0) is 74.0 Å². The molecular weight excluding hydrogens is 948 g/mol. The van der Waals surface area contributed by atoms with E-state index in [2.05, 4.69) is 63.6 Å². The Labute approximate surface area is 425 Å². The van der Waals surface area contributed by atoms with Gasteiger partial charge in [0.25, 0.3) is 0 Å². The molecule has 1 atom stereocenters. The molecule has 5 N–H and O–H groups in total. The average Bonchev–Trinajstić information content (AvgIpc) is 3.53. The molecule has 0 bridgehead atoms. The SMILES string of the molecule is C=C(NCCNCCOCCOCCOCC=O)c1ccc(Nc2ncc3c(n2)-c2ccc(Cl)cc2C(c2c(F)cccc2F)=NC3)cc1.CCCC(C)N(C)Cc1c(C=O)cccc1NC.O=CNC=O. The number of nitrogens with zero attached hydrogens (tertiary/aromatic N) is 4. The Morgan fingerprint density at radius 2 is 1.57 bits per heavy atom. The number of halogens is 3. The molecule has 0 radical (unpaired) electrons. The number of aromatic nitrogens is 2. The second-order valence-electron chi connectivity index (χ2n) is 16.0. The van der Waals surface area contributed by atoms with Crippen LogP contribution in [0.3, 0.4) is 0 Å². The lowest BCUT2D eigenvalue weighted by Gasteiger charge is -2.26. The molecule has 16 nitrogen and oxygen atoms in total. The summed E-state index contributed by atoms with van der Waals surface area (Å²) in [7, 11) is 4.00. The summed E-state index contributed by atoms with van der Waals surface area (Å²) in [5, 5.41) is 15.2. The molecule has 1 unspecified atom stereocenters. The highest BCUT2D eigenvalue weighted by Gasteiger charge is 2.25. The van der Waals surface area contributed by atoms with Crippen LogP contribution in [0.4, 0.5) is 26.1 Å². The highest BCUT2D eigenvalue weighted by molar-refractivity contribution is 6.31. The number of anilines is 3. The number of ether oxygens (including phenoxy) is 3. The quantitative estimate of drug-likeness (QED) is 0.0242. The molecule has 5 aromatic rings. The van der Waals surface area contributed by atoms with Crippen LogP contribution in [-0.4, -0.2) is 125 Å². The summed E-state index contributed by atoms with van der Waals surface area (Å²) < 4.78 is 45.6. The predicted octanol–water partition coefficient (Wildman–Crippen LogP) is 7.62. The Balaban J connectivity index is 0.000000405. The minimum Gasteiger partial charge on any atom is -0.388 e. The number of aliphatic imine (C=N–C) groups is 1. The Hall–Kier alpha value is -6.80. The van der Waals surface area contributed by atoms with Crippen molar-refractivity contribution in [2.75, 3.05) is 84.0 Å². The molecular formula is C53H64ClF2N9O7. The topological polar surface area (TPSA) is 197 Å². The molecule has 2 amide bonds. The van der Waals surface area contributed by atoms with E-state index in [1.807, 2.05) is 49.5 Å².